The van der Waals surface area contributed by atoms with Crippen LogP contribution in [0.1, 0.15) is 179 Å². The molecule has 0 spiro atoms. The van der Waals surface area contributed by atoms with E-state index in [2.05, 4.69) is 18.8 Å². The molecule has 1 N–H and O–H groups in total. The van der Waals surface area contributed by atoms with Crippen molar-refractivity contribution in [2.75, 3.05) is 26.4 Å². The highest BCUT2D eigenvalue weighted by Gasteiger charge is 2.21. The Labute approximate surface area is 380 Å². The van der Waals surface area contributed by atoms with Gasteiger partial charge in [0, 0.05) is 12.4 Å². The molecule has 11 nitrogen and oxygen atoms in total. The molecule has 0 saturated carbocycles. The van der Waals surface area contributed by atoms with Crippen LogP contribution in [-0.2, 0) is 20.7 Å². The number of unbranched alkanes of at least 4 members (excludes halogenated alkanes) is 17. The number of nitrogens with one attached hydrogen (secondary N) is 1. The summed E-state index contributed by atoms with van der Waals surface area (Å²) in [4.78, 5) is 54.8. The smallest absolute Gasteiger partial charge is 0.343 e. The van der Waals surface area contributed by atoms with E-state index >= 15 is 0 Å². The first kappa shape index (κ1) is 51.1. The Morgan fingerprint density at radius 1 is 0.453 bits per heavy atom. The molecule has 0 atom stereocenters. The van der Waals surface area contributed by atoms with Gasteiger partial charge in [0.15, 0.2) is 0 Å². The molecule has 0 saturated heterocycles. The third-order valence-corrected chi connectivity index (χ3v) is 10.8. The molecule has 0 fully saturated rings. The summed E-state index contributed by atoms with van der Waals surface area (Å²) >= 11 is 0. The molecule has 0 unspecified atom stereocenters. The Morgan fingerprint density at radius 2 is 0.906 bits per heavy atom. The lowest BCUT2D eigenvalue weighted by molar-refractivity contribution is -0.142. The van der Waals surface area contributed by atoms with Gasteiger partial charge in [0.05, 0.1) is 44.0 Å². The summed E-state index contributed by atoms with van der Waals surface area (Å²) in [5, 5.41) is 0. The van der Waals surface area contributed by atoms with E-state index in [0.717, 1.165) is 76.2 Å². The molecule has 64 heavy (non-hydrogen) atoms. The number of benzene rings is 3. The van der Waals surface area contributed by atoms with Crippen LogP contribution in [0.25, 0.3) is 0 Å². The average Bonchev–Trinajstić information content (AvgIpc) is 3.82. The van der Waals surface area contributed by atoms with Crippen molar-refractivity contribution in [3.63, 3.8) is 0 Å². The predicted octanol–water partition coefficient (Wildman–Crippen LogP) is 13.0. The Bertz CT molecular complexity index is 1910. The summed E-state index contributed by atoms with van der Waals surface area (Å²) in [6, 6.07) is 19.6. The fraction of sp³-hybridized carbons (Fsp3) is 0.509. The van der Waals surface area contributed by atoms with Crippen molar-refractivity contribution in [3.05, 3.63) is 107 Å². The summed E-state index contributed by atoms with van der Waals surface area (Å²) in [5.74, 6) is -0.753. The number of carbonyl (C=O) groups excluding carboxylic acids is 4. The molecule has 4 rings (SSSR count). The summed E-state index contributed by atoms with van der Waals surface area (Å²) in [6.45, 7) is 6.24. The summed E-state index contributed by atoms with van der Waals surface area (Å²) in [6.07, 6.45) is 25.5. The summed E-state index contributed by atoms with van der Waals surface area (Å²) in [7, 11) is 0. The Kier molecular flexibility index (Phi) is 25.0. The van der Waals surface area contributed by atoms with Gasteiger partial charge < -0.3 is 33.4 Å². The summed E-state index contributed by atoms with van der Waals surface area (Å²) < 4.78 is 34.1. The molecule has 0 aliphatic carbocycles. The van der Waals surface area contributed by atoms with E-state index in [4.69, 9.17) is 28.4 Å². The Hall–Kier alpha value is -5.58. The molecule has 3 aromatic carbocycles. The standard InChI is InChI=1S/C53H71NO10/c1-3-5-7-9-15-19-35-59-45-27-23-43(24-28-45)51(56)63-47-31-32-49(64-52(57)44-25-29-46(30-26-44)60-36-20-16-10-8-6-4-2)48(40-47)53(58)62-38-22-18-14-12-11-13-17-21-37-61-50(55)39-42-33-34-54-41-42/h23-34,40-41,54H,3-22,35-39H2,1-2H3. The number of hydrogen-bond acceptors (Lipinski definition) is 10. The lowest BCUT2D eigenvalue weighted by atomic mass is 10.1. The minimum Gasteiger partial charge on any atom is -0.494 e. The highest BCUT2D eigenvalue weighted by Crippen LogP contribution is 2.28. The molecular weight excluding hydrogens is 811 g/mol. The molecule has 4 aromatic rings. The van der Waals surface area contributed by atoms with Crippen LogP contribution in [0.2, 0.25) is 0 Å². The van der Waals surface area contributed by atoms with Crippen molar-refractivity contribution < 1.29 is 47.6 Å². The van der Waals surface area contributed by atoms with E-state index in [1.165, 1.54) is 69.6 Å². The van der Waals surface area contributed by atoms with E-state index in [1.54, 1.807) is 60.9 Å². The third-order valence-electron chi connectivity index (χ3n) is 10.8. The van der Waals surface area contributed by atoms with Crippen molar-refractivity contribution in [2.45, 2.75) is 149 Å². The number of aromatic amines is 1. The third kappa shape index (κ3) is 20.7. The number of hydrogen-bond donors (Lipinski definition) is 1. The number of esters is 4. The van der Waals surface area contributed by atoms with E-state index in [-0.39, 0.29) is 41.6 Å². The van der Waals surface area contributed by atoms with Gasteiger partial charge in [-0.3, -0.25) is 4.79 Å². The number of aromatic nitrogens is 1. The van der Waals surface area contributed by atoms with E-state index < -0.39 is 17.9 Å². The van der Waals surface area contributed by atoms with E-state index in [1.807, 2.05) is 6.07 Å². The number of H-pyrrole nitrogens is 1. The predicted molar refractivity (Wildman–Crippen MR) is 250 cm³/mol. The fourth-order valence-corrected chi connectivity index (χ4v) is 7.04. The van der Waals surface area contributed by atoms with Gasteiger partial charge in [0.1, 0.15) is 28.6 Å². The van der Waals surface area contributed by atoms with E-state index in [0.29, 0.717) is 43.3 Å². The maximum Gasteiger partial charge on any atom is 0.343 e. The van der Waals surface area contributed by atoms with Crippen molar-refractivity contribution in [1.29, 1.82) is 0 Å². The monoisotopic (exact) mass is 882 g/mol. The van der Waals surface area contributed by atoms with E-state index in [9.17, 15) is 19.2 Å². The van der Waals surface area contributed by atoms with Crippen LogP contribution in [0.4, 0.5) is 0 Å². The van der Waals surface area contributed by atoms with Crippen LogP contribution >= 0.6 is 0 Å². The van der Waals surface area contributed by atoms with Crippen LogP contribution in [0.3, 0.4) is 0 Å². The highest BCUT2D eigenvalue weighted by molar-refractivity contribution is 5.97. The lowest BCUT2D eigenvalue weighted by Crippen LogP contribution is -2.14. The molecule has 0 bridgehead atoms. The minimum absolute atomic E-state index is 0.0134. The van der Waals surface area contributed by atoms with Gasteiger partial charge in [0.25, 0.3) is 0 Å². The van der Waals surface area contributed by atoms with Gasteiger partial charge in [-0.1, -0.05) is 117 Å². The number of ether oxygens (including phenoxy) is 6. The maximum atomic E-state index is 13.5. The number of rotatable bonds is 34. The quantitative estimate of drug-likeness (QED) is 0.0274. The number of carbonyl (C=O) groups is 4. The molecule has 0 aliphatic heterocycles. The second-order valence-electron chi connectivity index (χ2n) is 16.3. The second kappa shape index (κ2) is 31.3. The van der Waals surface area contributed by atoms with Crippen molar-refractivity contribution >= 4 is 23.9 Å². The average molecular weight is 882 g/mol. The van der Waals surface area contributed by atoms with Crippen molar-refractivity contribution in [3.8, 4) is 23.0 Å². The van der Waals surface area contributed by atoms with Gasteiger partial charge in [-0.2, -0.15) is 0 Å². The first-order chi connectivity index (χ1) is 31.4. The molecule has 1 heterocycles. The highest BCUT2D eigenvalue weighted by atomic mass is 16.6. The Balaban J connectivity index is 1.25. The first-order valence-corrected chi connectivity index (χ1v) is 23.8. The Morgan fingerprint density at radius 3 is 1.41 bits per heavy atom. The molecular formula is C53H71NO10. The second-order valence-corrected chi connectivity index (χ2v) is 16.3. The van der Waals surface area contributed by atoms with Crippen LogP contribution < -0.4 is 18.9 Å². The molecule has 0 amide bonds. The van der Waals surface area contributed by atoms with Crippen molar-refractivity contribution in [1.82, 2.24) is 4.98 Å². The zero-order valence-electron chi connectivity index (χ0n) is 38.3. The fourth-order valence-electron chi connectivity index (χ4n) is 7.04. The van der Waals surface area contributed by atoms with Crippen LogP contribution in [0, 0.1) is 0 Å². The molecule has 11 heteroatoms. The topological polar surface area (TPSA) is 139 Å². The van der Waals surface area contributed by atoms with Gasteiger partial charge in [0.2, 0.25) is 0 Å². The summed E-state index contributed by atoms with van der Waals surface area (Å²) in [5.41, 5.74) is 1.48. The van der Waals surface area contributed by atoms with Gasteiger partial charge in [-0.25, -0.2) is 14.4 Å². The normalized spacial score (nSPS) is 10.9. The van der Waals surface area contributed by atoms with Crippen LogP contribution in [-0.4, -0.2) is 55.3 Å². The molecule has 1 aromatic heterocycles. The zero-order valence-corrected chi connectivity index (χ0v) is 38.3. The van der Waals surface area contributed by atoms with Crippen LogP contribution in [0.5, 0.6) is 23.0 Å². The van der Waals surface area contributed by atoms with Crippen LogP contribution in [0.15, 0.2) is 85.2 Å². The molecule has 0 radical (unpaired) electrons. The maximum absolute atomic E-state index is 13.5. The first-order valence-electron chi connectivity index (χ1n) is 23.8. The minimum atomic E-state index is -0.695. The largest absolute Gasteiger partial charge is 0.494 e. The SMILES string of the molecule is CCCCCCCCOc1ccc(C(=O)Oc2ccc(OC(=O)c3ccc(OCCCCCCCC)cc3)c(C(=O)OCCCCCCCCCCOC(=O)Cc3cc[nH]c3)c2)cc1. The molecule has 348 valence electrons. The van der Waals surface area contributed by atoms with Crippen molar-refractivity contribution in [2.24, 2.45) is 0 Å². The molecule has 0 aliphatic rings. The van der Waals surface area contributed by atoms with Gasteiger partial charge in [-0.05, 0) is 104 Å². The lowest BCUT2D eigenvalue weighted by Gasteiger charge is -2.13. The van der Waals surface area contributed by atoms with Gasteiger partial charge >= 0.3 is 23.9 Å². The van der Waals surface area contributed by atoms with Gasteiger partial charge in [-0.15, -0.1) is 0 Å². The zero-order chi connectivity index (χ0) is 45.5.